The number of carboxylic acid groups (broad SMARTS) is 1. The third-order valence-corrected chi connectivity index (χ3v) is 3.55. The molecule has 5 heteroatoms. The first-order valence-corrected chi connectivity index (χ1v) is 6.04. The number of carbonyl (C=O) groups is 2. The van der Waals surface area contributed by atoms with E-state index in [9.17, 15) is 9.59 Å². The van der Waals surface area contributed by atoms with E-state index in [0.29, 0.717) is 13.0 Å². The fraction of sp³-hybridized carbons (Fsp3) is 0.833. The summed E-state index contributed by atoms with van der Waals surface area (Å²) in [4.78, 5) is 22.9. The van der Waals surface area contributed by atoms with Crippen LogP contribution in [0.15, 0.2) is 0 Å². The molecule has 0 unspecified atom stereocenters. The third-order valence-electron chi connectivity index (χ3n) is 3.55. The maximum absolute atomic E-state index is 12.2. The number of carbonyl (C=O) groups excluding carboxylic acids is 1. The normalized spacial score (nSPS) is 19.9. The van der Waals surface area contributed by atoms with Gasteiger partial charge in [-0.1, -0.05) is 12.8 Å². The Labute approximate surface area is 102 Å². The summed E-state index contributed by atoms with van der Waals surface area (Å²) < 4.78 is 5.04. The molecule has 0 saturated heterocycles. The molecule has 0 aromatic carbocycles. The summed E-state index contributed by atoms with van der Waals surface area (Å²) >= 11 is 0. The molecule has 1 aliphatic carbocycles. The number of ether oxygens (including phenoxy) is 1. The maximum atomic E-state index is 12.2. The van der Waals surface area contributed by atoms with E-state index in [1.165, 1.54) is 6.92 Å². The lowest BCUT2D eigenvalue weighted by molar-refractivity contribution is -0.143. The van der Waals surface area contributed by atoms with Crippen molar-refractivity contribution in [3.05, 3.63) is 0 Å². The van der Waals surface area contributed by atoms with Crippen LogP contribution in [0.25, 0.3) is 0 Å². The van der Waals surface area contributed by atoms with Crippen molar-refractivity contribution < 1.29 is 19.4 Å². The maximum Gasteiger partial charge on any atom is 0.325 e. The molecule has 0 aromatic rings. The Morgan fingerprint density at radius 3 is 2.47 bits per heavy atom. The molecule has 0 bridgehead atoms. The summed E-state index contributed by atoms with van der Waals surface area (Å²) in [5.41, 5.74) is -0.417. The summed E-state index contributed by atoms with van der Waals surface area (Å²) in [5, 5.41) is 11.4. The van der Waals surface area contributed by atoms with Gasteiger partial charge in [-0.05, 0) is 26.2 Å². The van der Waals surface area contributed by atoms with Gasteiger partial charge in [0, 0.05) is 13.7 Å². The first-order chi connectivity index (χ1) is 8.02. The summed E-state index contributed by atoms with van der Waals surface area (Å²) in [6.07, 6.45) is 4.38. The average Bonchev–Trinajstić information content (AvgIpc) is 2.76. The van der Waals surface area contributed by atoms with Crippen LogP contribution in [0.2, 0.25) is 0 Å². The molecule has 0 spiro atoms. The number of hydrogen-bond acceptors (Lipinski definition) is 3. The molecule has 0 heterocycles. The van der Waals surface area contributed by atoms with Gasteiger partial charge in [-0.25, -0.2) is 0 Å². The number of amides is 1. The van der Waals surface area contributed by atoms with Crippen molar-refractivity contribution in [2.45, 2.75) is 45.1 Å². The zero-order valence-corrected chi connectivity index (χ0v) is 10.5. The number of aliphatic carboxylic acids is 1. The molecule has 0 radical (unpaired) electrons. The second-order valence-corrected chi connectivity index (χ2v) is 4.76. The van der Waals surface area contributed by atoms with Crippen LogP contribution in [0.4, 0.5) is 0 Å². The number of methoxy groups -OCH3 is 1. The Balaban J connectivity index is 2.63. The lowest BCUT2D eigenvalue weighted by Crippen LogP contribution is -2.46. The van der Waals surface area contributed by atoms with E-state index in [1.54, 1.807) is 7.11 Å². The predicted octanol–water partition coefficient (Wildman–Crippen LogP) is 1.17. The van der Waals surface area contributed by atoms with Crippen LogP contribution < -0.4 is 5.32 Å². The molecular formula is C12H21NO4. The van der Waals surface area contributed by atoms with Gasteiger partial charge in [-0.15, -0.1) is 0 Å². The summed E-state index contributed by atoms with van der Waals surface area (Å²) in [6.45, 7) is 2.02. The van der Waals surface area contributed by atoms with Crippen molar-refractivity contribution in [3.63, 3.8) is 0 Å². The minimum Gasteiger partial charge on any atom is -0.480 e. The summed E-state index contributed by atoms with van der Waals surface area (Å²) in [7, 11) is 1.61. The molecule has 5 nitrogen and oxygen atoms in total. The van der Waals surface area contributed by atoms with E-state index in [4.69, 9.17) is 9.84 Å². The van der Waals surface area contributed by atoms with Crippen molar-refractivity contribution in [1.82, 2.24) is 5.32 Å². The van der Waals surface area contributed by atoms with Crippen LogP contribution >= 0.6 is 0 Å². The van der Waals surface area contributed by atoms with E-state index in [2.05, 4.69) is 5.32 Å². The monoisotopic (exact) mass is 243 g/mol. The van der Waals surface area contributed by atoms with Crippen molar-refractivity contribution in [1.29, 1.82) is 0 Å². The van der Waals surface area contributed by atoms with E-state index < -0.39 is 17.4 Å². The molecule has 0 aromatic heterocycles. The van der Waals surface area contributed by atoms with Crippen molar-refractivity contribution in [2.75, 3.05) is 13.7 Å². The fourth-order valence-electron chi connectivity index (χ4n) is 2.35. The quantitative estimate of drug-likeness (QED) is 0.734. The van der Waals surface area contributed by atoms with Crippen molar-refractivity contribution in [2.24, 2.45) is 5.41 Å². The highest BCUT2D eigenvalue weighted by molar-refractivity contribution is 5.87. The number of rotatable bonds is 6. The van der Waals surface area contributed by atoms with Crippen LogP contribution in [-0.4, -0.2) is 36.7 Å². The Morgan fingerprint density at radius 1 is 1.41 bits per heavy atom. The van der Waals surface area contributed by atoms with Gasteiger partial charge in [0.15, 0.2) is 0 Å². The van der Waals surface area contributed by atoms with Gasteiger partial charge in [0.05, 0.1) is 5.41 Å². The second kappa shape index (κ2) is 6.00. The van der Waals surface area contributed by atoms with Gasteiger partial charge >= 0.3 is 5.97 Å². The van der Waals surface area contributed by atoms with E-state index >= 15 is 0 Å². The SMILES string of the molecule is COCCC1(C(=O)N[C@@H](C)C(=O)O)CCCC1. The Morgan fingerprint density at radius 2 is 2.00 bits per heavy atom. The Bertz CT molecular complexity index is 284. The van der Waals surface area contributed by atoms with Gasteiger partial charge in [-0.3, -0.25) is 9.59 Å². The molecule has 1 saturated carbocycles. The van der Waals surface area contributed by atoms with Crippen LogP contribution in [0.1, 0.15) is 39.0 Å². The lowest BCUT2D eigenvalue weighted by Gasteiger charge is -2.28. The molecule has 1 fully saturated rings. The zero-order chi connectivity index (χ0) is 12.9. The number of nitrogens with one attached hydrogen (secondary N) is 1. The molecule has 98 valence electrons. The predicted molar refractivity (Wildman–Crippen MR) is 62.6 cm³/mol. The van der Waals surface area contributed by atoms with E-state index in [-0.39, 0.29) is 5.91 Å². The topological polar surface area (TPSA) is 75.6 Å². The Kier molecular flexibility index (Phi) is 4.93. The van der Waals surface area contributed by atoms with Crippen LogP contribution in [0.3, 0.4) is 0 Å². The lowest BCUT2D eigenvalue weighted by atomic mass is 9.81. The summed E-state index contributed by atoms with van der Waals surface area (Å²) in [5.74, 6) is -1.14. The van der Waals surface area contributed by atoms with Gasteiger partial charge in [0.2, 0.25) is 5.91 Å². The Hall–Kier alpha value is -1.10. The van der Waals surface area contributed by atoms with Gasteiger partial charge in [0.1, 0.15) is 6.04 Å². The molecule has 1 atom stereocenters. The molecule has 1 rings (SSSR count). The fourth-order valence-corrected chi connectivity index (χ4v) is 2.35. The second-order valence-electron chi connectivity index (χ2n) is 4.76. The average molecular weight is 243 g/mol. The van der Waals surface area contributed by atoms with Crippen molar-refractivity contribution >= 4 is 11.9 Å². The largest absolute Gasteiger partial charge is 0.480 e. The molecule has 17 heavy (non-hydrogen) atoms. The van der Waals surface area contributed by atoms with E-state index in [0.717, 1.165) is 25.7 Å². The third kappa shape index (κ3) is 3.43. The minimum atomic E-state index is -1.00. The zero-order valence-electron chi connectivity index (χ0n) is 10.5. The summed E-state index contributed by atoms with van der Waals surface area (Å²) in [6, 6.07) is -0.831. The minimum absolute atomic E-state index is 0.137. The highest BCUT2D eigenvalue weighted by Crippen LogP contribution is 2.41. The van der Waals surface area contributed by atoms with Gasteiger partial charge in [0.25, 0.3) is 0 Å². The van der Waals surface area contributed by atoms with Crippen LogP contribution in [0.5, 0.6) is 0 Å². The van der Waals surface area contributed by atoms with E-state index in [1.807, 2.05) is 0 Å². The van der Waals surface area contributed by atoms with Crippen LogP contribution in [-0.2, 0) is 14.3 Å². The molecular weight excluding hydrogens is 222 g/mol. The molecule has 0 aliphatic heterocycles. The number of carboxylic acids is 1. The first-order valence-electron chi connectivity index (χ1n) is 6.04. The number of hydrogen-bond donors (Lipinski definition) is 2. The standard InChI is InChI=1S/C12H21NO4/c1-9(10(14)15)13-11(16)12(7-8-17-2)5-3-4-6-12/h9H,3-8H2,1-2H3,(H,13,16)(H,14,15)/t9-/m0/s1. The first kappa shape index (κ1) is 14.0. The highest BCUT2D eigenvalue weighted by Gasteiger charge is 2.41. The molecule has 2 N–H and O–H groups in total. The smallest absolute Gasteiger partial charge is 0.325 e. The highest BCUT2D eigenvalue weighted by atomic mass is 16.5. The van der Waals surface area contributed by atoms with Crippen LogP contribution in [0, 0.1) is 5.41 Å². The molecule has 1 amide bonds. The molecule has 1 aliphatic rings. The van der Waals surface area contributed by atoms with Gasteiger partial charge < -0.3 is 15.2 Å². The van der Waals surface area contributed by atoms with Gasteiger partial charge in [-0.2, -0.15) is 0 Å². The van der Waals surface area contributed by atoms with Crippen molar-refractivity contribution in [3.8, 4) is 0 Å².